The molecule has 0 saturated carbocycles. The topological polar surface area (TPSA) is 21.3 Å². The second-order valence-electron chi connectivity index (χ2n) is 5.70. The molecule has 3 heteroatoms. The molecule has 0 bridgehead atoms. The molecular weight excluding hydrogens is 229 g/mol. The molecule has 102 valence electrons. The molecule has 0 aromatic heterocycles. The average Bonchev–Trinajstić information content (AvgIpc) is 2.27. The summed E-state index contributed by atoms with van der Waals surface area (Å²) in [6.07, 6.45) is 1.91. The summed E-state index contributed by atoms with van der Waals surface area (Å²) in [5.41, 5.74) is 1.16. The van der Waals surface area contributed by atoms with Crippen LogP contribution in [0.4, 0.5) is 4.39 Å². The Morgan fingerprint density at radius 1 is 1.39 bits per heavy atom. The van der Waals surface area contributed by atoms with Crippen LogP contribution in [-0.2, 0) is 6.42 Å². The van der Waals surface area contributed by atoms with Crippen molar-refractivity contribution in [3.05, 3.63) is 29.6 Å². The number of methoxy groups -OCH3 is 1. The number of halogens is 1. The summed E-state index contributed by atoms with van der Waals surface area (Å²) in [4.78, 5) is 0. The molecule has 0 aliphatic heterocycles. The standard InChI is InChI=1S/C15H24FNO/c1-11(17-4)9-15(2,3)10-12-6-7-14(18-5)13(16)8-12/h6-8,11,17H,9-10H2,1-5H3. The van der Waals surface area contributed by atoms with E-state index in [9.17, 15) is 4.39 Å². The molecule has 0 heterocycles. The zero-order valence-corrected chi connectivity index (χ0v) is 12.0. The third-order valence-corrected chi connectivity index (χ3v) is 3.25. The molecule has 2 nitrogen and oxygen atoms in total. The van der Waals surface area contributed by atoms with Crippen LogP contribution in [0.1, 0.15) is 32.8 Å². The summed E-state index contributed by atoms with van der Waals surface area (Å²) >= 11 is 0. The van der Waals surface area contributed by atoms with E-state index in [1.54, 1.807) is 12.1 Å². The minimum Gasteiger partial charge on any atom is -0.494 e. The summed E-state index contributed by atoms with van der Waals surface area (Å²) in [6.45, 7) is 6.59. The first-order chi connectivity index (χ1) is 8.38. The normalized spacial score (nSPS) is 13.4. The number of hydrogen-bond donors (Lipinski definition) is 1. The fraction of sp³-hybridized carbons (Fsp3) is 0.600. The second kappa shape index (κ2) is 6.19. The van der Waals surface area contributed by atoms with E-state index in [1.165, 1.54) is 7.11 Å². The van der Waals surface area contributed by atoms with Gasteiger partial charge in [-0.15, -0.1) is 0 Å². The first-order valence-corrected chi connectivity index (χ1v) is 6.37. The number of rotatable bonds is 6. The Kier molecular flexibility index (Phi) is 5.15. The molecule has 0 saturated heterocycles. The van der Waals surface area contributed by atoms with Crippen molar-refractivity contribution >= 4 is 0 Å². The molecule has 0 aliphatic carbocycles. The SMILES string of the molecule is CNC(C)CC(C)(C)Cc1ccc(OC)c(F)c1. The number of benzene rings is 1. The van der Waals surface area contributed by atoms with Gasteiger partial charge in [-0.3, -0.25) is 0 Å². The maximum absolute atomic E-state index is 13.6. The third kappa shape index (κ3) is 4.30. The van der Waals surface area contributed by atoms with Gasteiger partial charge in [0.2, 0.25) is 0 Å². The Labute approximate surface area is 110 Å². The van der Waals surface area contributed by atoms with Crippen molar-refractivity contribution < 1.29 is 9.13 Å². The molecule has 0 radical (unpaired) electrons. The zero-order valence-electron chi connectivity index (χ0n) is 12.0. The van der Waals surface area contributed by atoms with Gasteiger partial charge in [0.15, 0.2) is 11.6 Å². The molecule has 1 rings (SSSR count). The van der Waals surface area contributed by atoms with Crippen LogP contribution in [0, 0.1) is 11.2 Å². The van der Waals surface area contributed by atoms with Gasteiger partial charge in [0.05, 0.1) is 7.11 Å². The Morgan fingerprint density at radius 3 is 2.56 bits per heavy atom. The van der Waals surface area contributed by atoms with Crippen molar-refractivity contribution in [2.24, 2.45) is 5.41 Å². The fourth-order valence-corrected chi connectivity index (χ4v) is 2.38. The number of ether oxygens (including phenoxy) is 1. The highest BCUT2D eigenvalue weighted by Crippen LogP contribution is 2.29. The minimum absolute atomic E-state index is 0.142. The summed E-state index contributed by atoms with van der Waals surface area (Å²) < 4.78 is 18.5. The quantitative estimate of drug-likeness (QED) is 0.839. The molecular formula is C15H24FNO. The predicted octanol–water partition coefficient (Wildman–Crippen LogP) is 3.40. The van der Waals surface area contributed by atoms with Gasteiger partial charge in [-0.05, 0) is 49.9 Å². The maximum atomic E-state index is 13.6. The van der Waals surface area contributed by atoms with Gasteiger partial charge in [0.1, 0.15) is 0 Å². The zero-order chi connectivity index (χ0) is 13.8. The third-order valence-electron chi connectivity index (χ3n) is 3.25. The molecule has 1 N–H and O–H groups in total. The molecule has 1 atom stereocenters. The molecule has 1 unspecified atom stereocenters. The summed E-state index contributed by atoms with van der Waals surface area (Å²) in [6, 6.07) is 5.67. The van der Waals surface area contributed by atoms with Gasteiger partial charge < -0.3 is 10.1 Å². The molecule has 18 heavy (non-hydrogen) atoms. The monoisotopic (exact) mass is 253 g/mol. The highest BCUT2D eigenvalue weighted by Gasteiger charge is 2.21. The number of nitrogens with one attached hydrogen (secondary N) is 1. The average molecular weight is 253 g/mol. The smallest absolute Gasteiger partial charge is 0.165 e. The lowest BCUT2D eigenvalue weighted by Crippen LogP contribution is -2.29. The molecule has 0 aliphatic rings. The summed E-state index contributed by atoms with van der Waals surface area (Å²) in [5, 5.41) is 3.24. The predicted molar refractivity (Wildman–Crippen MR) is 73.6 cm³/mol. The van der Waals surface area contributed by atoms with Gasteiger partial charge in [0, 0.05) is 6.04 Å². The second-order valence-corrected chi connectivity index (χ2v) is 5.70. The van der Waals surface area contributed by atoms with Crippen molar-refractivity contribution in [3.8, 4) is 5.75 Å². The largest absolute Gasteiger partial charge is 0.494 e. The van der Waals surface area contributed by atoms with Crippen molar-refractivity contribution in [1.29, 1.82) is 0 Å². The van der Waals surface area contributed by atoms with Crippen LogP contribution in [0.3, 0.4) is 0 Å². The van der Waals surface area contributed by atoms with Gasteiger partial charge in [-0.2, -0.15) is 0 Å². The van der Waals surface area contributed by atoms with Crippen LogP contribution in [0.25, 0.3) is 0 Å². The van der Waals surface area contributed by atoms with Gasteiger partial charge in [-0.1, -0.05) is 19.9 Å². The van der Waals surface area contributed by atoms with E-state index in [0.29, 0.717) is 11.8 Å². The van der Waals surface area contributed by atoms with E-state index >= 15 is 0 Å². The molecule has 0 spiro atoms. The van der Waals surface area contributed by atoms with E-state index in [1.807, 2.05) is 13.1 Å². The van der Waals surface area contributed by atoms with Gasteiger partial charge in [-0.25, -0.2) is 4.39 Å². The van der Waals surface area contributed by atoms with Crippen molar-refractivity contribution in [2.45, 2.75) is 39.7 Å². The van der Waals surface area contributed by atoms with E-state index in [2.05, 4.69) is 26.1 Å². The van der Waals surface area contributed by atoms with E-state index in [0.717, 1.165) is 18.4 Å². The highest BCUT2D eigenvalue weighted by atomic mass is 19.1. The Balaban J connectivity index is 2.74. The fourth-order valence-electron chi connectivity index (χ4n) is 2.38. The van der Waals surface area contributed by atoms with Crippen LogP contribution in [0.15, 0.2) is 18.2 Å². The Hall–Kier alpha value is -1.09. The van der Waals surface area contributed by atoms with Gasteiger partial charge in [0.25, 0.3) is 0 Å². The van der Waals surface area contributed by atoms with E-state index in [4.69, 9.17) is 4.74 Å². The minimum atomic E-state index is -0.285. The highest BCUT2D eigenvalue weighted by molar-refractivity contribution is 5.29. The lowest BCUT2D eigenvalue weighted by Gasteiger charge is -2.28. The Morgan fingerprint density at radius 2 is 2.06 bits per heavy atom. The first kappa shape index (κ1) is 15.0. The van der Waals surface area contributed by atoms with E-state index in [-0.39, 0.29) is 11.2 Å². The van der Waals surface area contributed by atoms with E-state index < -0.39 is 0 Å². The number of hydrogen-bond acceptors (Lipinski definition) is 2. The van der Waals surface area contributed by atoms with Crippen LogP contribution in [-0.4, -0.2) is 20.2 Å². The molecule has 0 fully saturated rings. The van der Waals surface area contributed by atoms with Gasteiger partial charge >= 0.3 is 0 Å². The van der Waals surface area contributed by atoms with Crippen molar-refractivity contribution in [3.63, 3.8) is 0 Å². The lowest BCUT2D eigenvalue weighted by molar-refractivity contribution is 0.293. The maximum Gasteiger partial charge on any atom is 0.165 e. The van der Waals surface area contributed by atoms with Crippen molar-refractivity contribution in [2.75, 3.05) is 14.2 Å². The van der Waals surface area contributed by atoms with Crippen LogP contribution in [0.2, 0.25) is 0 Å². The summed E-state index contributed by atoms with van der Waals surface area (Å²) in [7, 11) is 3.45. The van der Waals surface area contributed by atoms with Crippen LogP contribution >= 0.6 is 0 Å². The van der Waals surface area contributed by atoms with Crippen LogP contribution in [0.5, 0.6) is 5.75 Å². The lowest BCUT2D eigenvalue weighted by atomic mass is 9.80. The molecule has 1 aromatic rings. The van der Waals surface area contributed by atoms with Crippen molar-refractivity contribution in [1.82, 2.24) is 5.32 Å². The summed E-state index contributed by atoms with van der Waals surface area (Å²) in [5.74, 6) is 0.0209. The molecule has 0 amide bonds. The van der Waals surface area contributed by atoms with Crippen LogP contribution < -0.4 is 10.1 Å². The molecule has 1 aromatic carbocycles. The first-order valence-electron chi connectivity index (χ1n) is 6.37. The Bertz CT molecular complexity index is 390.